The summed E-state index contributed by atoms with van der Waals surface area (Å²) in [4.78, 5) is 2.08. The summed E-state index contributed by atoms with van der Waals surface area (Å²) >= 11 is 3.48. The van der Waals surface area contributed by atoms with Gasteiger partial charge < -0.3 is 10.2 Å². The maximum Gasteiger partial charge on any atom is 0.129 e. The summed E-state index contributed by atoms with van der Waals surface area (Å²) in [6, 6.07) is 13.4. The first-order chi connectivity index (χ1) is 10.1. The first-order valence-electron chi connectivity index (χ1n) is 7.05. The Kier molecular flexibility index (Phi) is 5.76. The highest BCUT2D eigenvalue weighted by molar-refractivity contribution is 9.10. The van der Waals surface area contributed by atoms with Crippen molar-refractivity contribution >= 4 is 21.6 Å². The van der Waals surface area contributed by atoms with Crippen LogP contribution in [0.4, 0.5) is 10.1 Å². The molecular weight excluding hydrogens is 331 g/mol. The van der Waals surface area contributed by atoms with Gasteiger partial charge >= 0.3 is 0 Å². The molecule has 0 aliphatic carbocycles. The van der Waals surface area contributed by atoms with E-state index in [4.69, 9.17) is 0 Å². The fourth-order valence-corrected chi connectivity index (χ4v) is 2.77. The first kappa shape index (κ1) is 16.0. The van der Waals surface area contributed by atoms with Gasteiger partial charge in [0.1, 0.15) is 5.82 Å². The molecule has 0 aliphatic heterocycles. The number of nitrogens with zero attached hydrogens (tertiary/aromatic N) is 1. The third-order valence-corrected chi connectivity index (χ3v) is 3.86. The molecule has 0 atom stereocenters. The SMILES string of the molecule is CCNCc1c(F)cccc1N(C)Cc1cccc(Br)c1. The summed E-state index contributed by atoms with van der Waals surface area (Å²) in [5.74, 6) is -0.158. The predicted molar refractivity (Wildman–Crippen MR) is 90.0 cm³/mol. The molecule has 4 heteroatoms. The minimum Gasteiger partial charge on any atom is -0.370 e. The third kappa shape index (κ3) is 4.29. The number of anilines is 1. The molecule has 0 radical (unpaired) electrons. The van der Waals surface area contributed by atoms with Crippen LogP contribution < -0.4 is 10.2 Å². The molecule has 0 unspecified atom stereocenters. The fourth-order valence-electron chi connectivity index (χ4n) is 2.32. The van der Waals surface area contributed by atoms with Gasteiger partial charge in [-0.15, -0.1) is 0 Å². The molecule has 2 rings (SSSR count). The third-order valence-electron chi connectivity index (χ3n) is 3.37. The Morgan fingerprint density at radius 2 is 1.95 bits per heavy atom. The number of benzene rings is 2. The van der Waals surface area contributed by atoms with Gasteiger partial charge in [0.05, 0.1) is 0 Å². The number of hydrogen-bond donors (Lipinski definition) is 1. The molecule has 0 aromatic heterocycles. The van der Waals surface area contributed by atoms with E-state index in [1.807, 2.05) is 32.2 Å². The maximum absolute atomic E-state index is 14.1. The maximum atomic E-state index is 14.1. The van der Waals surface area contributed by atoms with Crippen LogP contribution in [0, 0.1) is 5.82 Å². The molecule has 0 spiro atoms. The van der Waals surface area contributed by atoms with Gasteiger partial charge in [0.25, 0.3) is 0 Å². The van der Waals surface area contributed by atoms with Gasteiger partial charge in [0, 0.05) is 35.9 Å². The minimum absolute atomic E-state index is 0.158. The van der Waals surface area contributed by atoms with Crippen molar-refractivity contribution in [2.75, 3.05) is 18.5 Å². The molecule has 0 fully saturated rings. The Bertz CT molecular complexity index is 601. The van der Waals surface area contributed by atoms with Gasteiger partial charge in [-0.1, -0.05) is 41.1 Å². The standard InChI is InChI=1S/C17H20BrFN2/c1-3-20-11-15-16(19)8-5-9-17(15)21(2)12-13-6-4-7-14(18)10-13/h4-10,20H,3,11-12H2,1-2H3. The lowest BCUT2D eigenvalue weighted by Gasteiger charge is -2.23. The molecule has 0 amide bonds. The van der Waals surface area contributed by atoms with Crippen molar-refractivity contribution in [3.05, 3.63) is 63.9 Å². The lowest BCUT2D eigenvalue weighted by molar-refractivity contribution is 0.592. The predicted octanol–water partition coefficient (Wildman–Crippen LogP) is 4.33. The fraction of sp³-hybridized carbons (Fsp3) is 0.294. The van der Waals surface area contributed by atoms with Crippen molar-refractivity contribution in [2.45, 2.75) is 20.0 Å². The van der Waals surface area contributed by atoms with Crippen molar-refractivity contribution < 1.29 is 4.39 Å². The smallest absolute Gasteiger partial charge is 0.129 e. The monoisotopic (exact) mass is 350 g/mol. The van der Waals surface area contributed by atoms with E-state index in [0.29, 0.717) is 6.54 Å². The summed E-state index contributed by atoms with van der Waals surface area (Å²) in [5, 5.41) is 3.20. The zero-order valence-electron chi connectivity index (χ0n) is 12.4. The highest BCUT2D eigenvalue weighted by atomic mass is 79.9. The van der Waals surface area contributed by atoms with E-state index in [0.717, 1.165) is 28.8 Å². The zero-order chi connectivity index (χ0) is 15.2. The van der Waals surface area contributed by atoms with E-state index in [-0.39, 0.29) is 5.82 Å². The number of hydrogen-bond acceptors (Lipinski definition) is 2. The van der Waals surface area contributed by atoms with Crippen molar-refractivity contribution in [1.82, 2.24) is 5.32 Å². The first-order valence-corrected chi connectivity index (χ1v) is 7.84. The highest BCUT2D eigenvalue weighted by Crippen LogP contribution is 2.24. The van der Waals surface area contributed by atoms with Crippen LogP contribution in [0.25, 0.3) is 0 Å². The van der Waals surface area contributed by atoms with Gasteiger partial charge in [-0.05, 0) is 36.4 Å². The van der Waals surface area contributed by atoms with Crippen molar-refractivity contribution in [2.24, 2.45) is 0 Å². The van der Waals surface area contributed by atoms with Crippen LogP contribution in [0.5, 0.6) is 0 Å². The van der Waals surface area contributed by atoms with Crippen molar-refractivity contribution in [1.29, 1.82) is 0 Å². The average molecular weight is 351 g/mol. The number of halogens is 2. The van der Waals surface area contributed by atoms with Crippen LogP contribution in [0.1, 0.15) is 18.1 Å². The molecule has 21 heavy (non-hydrogen) atoms. The molecule has 0 saturated heterocycles. The molecular formula is C17H20BrFN2. The van der Waals surface area contributed by atoms with Crippen LogP contribution in [-0.2, 0) is 13.1 Å². The van der Waals surface area contributed by atoms with Crippen LogP contribution in [-0.4, -0.2) is 13.6 Å². The molecule has 2 nitrogen and oxygen atoms in total. The summed E-state index contributed by atoms with van der Waals surface area (Å²) < 4.78 is 15.1. The number of rotatable bonds is 6. The van der Waals surface area contributed by atoms with Crippen LogP contribution in [0.3, 0.4) is 0 Å². The summed E-state index contributed by atoms with van der Waals surface area (Å²) in [5.41, 5.74) is 2.83. The average Bonchev–Trinajstić information content (AvgIpc) is 2.45. The summed E-state index contributed by atoms with van der Waals surface area (Å²) in [6.45, 7) is 4.12. The largest absolute Gasteiger partial charge is 0.370 e. The van der Waals surface area contributed by atoms with E-state index >= 15 is 0 Å². The highest BCUT2D eigenvalue weighted by Gasteiger charge is 2.12. The Labute approximate surface area is 134 Å². The van der Waals surface area contributed by atoms with Gasteiger partial charge in [-0.3, -0.25) is 0 Å². The normalized spacial score (nSPS) is 10.7. The lowest BCUT2D eigenvalue weighted by atomic mass is 10.1. The quantitative estimate of drug-likeness (QED) is 0.833. The van der Waals surface area contributed by atoms with Crippen molar-refractivity contribution in [3.63, 3.8) is 0 Å². The molecule has 0 saturated carbocycles. The summed E-state index contributed by atoms with van der Waals surface area (Å²) in [6.07, 6.45) is 0. The summed E-state index contributed by atoms with van der Waals surface area (Å²) in [7, 11) is 1.99. The molecule has 1 N–H and O–H groups in total. The molecule has 2 aromatic carbocycles. The van der Waals surface area contributed by atoms with E-state index in [1.165, 1.54) is 11.6 Å². The lowest BCUT2D eigenvalue weighted by Crippen LogP contribution is -2.21. The molecule has 0 bridgehead atoms. The second-order valence-electron chi connectivity index (χ2n) is 5.00. The van der Waals surface area contributed by atoms with Crippen LogP contribution in [0.2, 0.25) is 0 Å². The molecule has 0 heterocycles. The Balaban J connectivity index is 2.22. The van der Waals surface area contributed by atoms with Gasteiger partial charge in [-0.25, -0.2) is 4.39 Å². The van der Waals surface area contributed by atoms with Gasteiger partial charge in [0.15, 0.2) is 0 Å². The Hall–Kier alpha value is -1.39. The van der Waals surface area contributed by atoms with E-state index in [9.17, 15) is 4.39 Å². The molecule has 2 aromatic rings. The second-order valence-corrected chi connectivity index (χ2v) is 5.92. The van der Waals surface area contributed by atoms with Gasteiger partial charge in [0.2, 0.25) is 0 Å². The second kappa shape index (κ2) is 7.57. The van der Waals surface area contributed by atoms with Gasteiger partial charge in [-0.2, -0.15) is 0 Å². The zero-order valence-corrected chi connectivity index (χ0v) is 14.0. The topological polar surface area (TPSA) is 15.3 Å². The minimum atomic E-state index is -0.158. The Morgan fingerprint density at radius 1 is 1.19 bits per heavy atom. The molecule has 0 aliphatic rings. The molecule has 112 valence electrons. The van der Waals surface area contributed by atoms with Crippen LogP contribution in [0.15, 0.2) is 46.9 Å². The van der Waals surface area contributed by atoms with Crippen LogP contribution >= 0.6 is 15.9 Å². The van der Waals surface area contributed by atoms with E-state index in [2.05, 4.69) is 38.3 Å². The number of nitrogens with one attached hydrogen (secondary N) is 1. The Morgan fingerprint density at radius 3 is 2.67 bits per heavy atom. The van der Waals surface area contributed by atoms with E-state index < -0.39 is 0 Å². The van der Waals surface area contributed by atoms with E-state index in [1.54, 1.807) is 6.07 Å². The van der Waals surface area contributed by atoms with Crippen molar-refractivity contribution in [3.8, 4) is 0 Å².